The zero-order chi connectivity index (χ0) is 28.5. The van der Waals surface area contributed by atoms with Gasteiger partial charge in [0.1, 0.15) is 40.8 Å². The van der Waals surface area contributed by atoms with E-state index in [9.17, 15) is 9.59 Å². The SMILES string of the molecule is Cc1oc2ccc(OCc3ccccc3)cc2c1C(=O)Oc1ccc2c(c1)O/C(=C/c1ccc(C(C)C)cc1)C2=O. The second-order valence-electron chi connectivity index (χ2n) is 10.3. The van der Waals surface area contributed by atoms with Gasteiger partial charge in [-0.15, -0.1) is 0 Å². The molecule has 0 saturated carbocycles. The number of hydrogen-bond acceptors (Lipinski definition) is 6. The molecule has 0 amide bonds. The van der Waals surface area contributed by atoms with Crippen molar-refractivity contribution in [1.29, 1.82) is 0 Å². The van der Waals surface area contributed by atoms with Crippen molar-refractivity contribution < 1.29 is 28.2 Å². The first-order valence-corrected chi connectivity index (χ1v) is 13.5. The van der Waals surface area contributed by atoms with Crippen molar-refractivity contribution in [2.24, 2.45) is 0 Å². The summed E-state index contributed by atoms with van der Waals surface area (Å²) < 4.78 is 23.4. The summed E-state index contributed by atoms with van der Waals surface area (Å²) in [6.45, 7) is 6.38. The zero-order valence-electron chi connectivity index (χ0n) is 23.0. The molecule has 41 heavy (non-hydrogen) atoms. The number of esters is 1. The fourth-order valence-electron chi connectivity index (χ4n) is 4.80. The van der Waals surface area contributed by atoms with E-state index in [1.165, 1.54) is 5.56 Å². The van der Waals surface area contributed by atoms with Crippen LogP contribution in [-0.4, -0.2) is 11.8 Å². The first-order chi connectivity index (χ1) is 19.9. The van der Waals surface area contributed by atoms with Crippen molar-refractivity contribution >= 4 is 28.8 Å². The first kappa shape index (κ1) is 26.1. The molecule has 0 fully saturated rings. The van der Waals surface area contributed by atoms with Gasteiger partial charge >= 0.3 is 5.97 Å². The number of ketones is 1. The van der Waals surface area contributed by atoms with E-state index in [0.29, 0.717) is 51.9 Å². The summed E-state index contributed by atoms with van der Waals surface area (Å²) in [5.74, 6) is 1.50. The van der Waals surface area contributed by atoms with Crippen LogP contribution in [0.15, 0.2) is 101 Å². The van der Waals surface area contributed by atoms with Gasteiger partial charge in [-0.25, -0.2) is 4.79 Å². The van der Waals surface area contributed by atoms with E-state index in [1.807, 2.05) is 60.7 Å². The van der Waals surface area contributed by atoms with Gasteiger partial charge in [-0.2, -0.15) is 0 Å². The number of ether oxygens (including phenoxy) is 3. The lowest BCUT2D eigenvalue weighted by molar-refractivity contribution is 0.0734. The van der Waals surface area contributed by atoms with Gasteiger partial charge in [-0.05, 0) is 65.9 Å². The van der Waals surface area contributed by atoms with Crippen LogP contribution in [0, 0.1) is 6.92 Å². The minimum Gasteiger partial charge on any atom is -0.489 e. The van der Waals surface area contributed by atoms with E-state index in [2.05, 4.69) is 13.8 Å². The molecule has 0 atom stereocenters. The van der Waals surface area contributed by atoms with Crippen molar-refractivity contribution in [2.45, 2.75) is 33.3 Å². The van der Waals surface area contributed by atoms with Crippen LogP contribution in [0.2, 0.25) is 0 Å². The number of carbonyl (C=O) groups excluding carboxylic acids is 2. The number of fused-ring (bicyclic) bond motifs is 2. The van der Waals surface area contributed by atoms with E-state index in [4.69, 9.17) is 18.6 Å². The molecule has 5 aromatic rings. The second-order valence-corrected chi connectivity index (χ2v) is 10.3. The first-order valence-electron chi connectivity index (χ1n) is 13.5. The van der Waals surface area contributed by atoms with E-state index >= 15 is 0 Å². The van der Waals surface area contributed by atoms with E-state index in [1.54, 1.807) is 43.3 Å². The molecule has 0 saturated heterocycles. The Hall–Kier alpha value is -5.10. The van der Waals surface area contributed by atoms with Gasteiger partial charge in [-0.1, -0.05) is 68.4 Å². The number of benzene rings is 4. The number of rotatable bonds is 7. The Morgan fingerprint density at radius 2 is 1.66 bits per heavy atom. The largest absolute Gasteiger partial charge is 0.489 e. The molecule has 2 heterocycles. The minimum atomic E-state index is -0.577. The average molecular weight is 545 g/mol. The van der Waals surface area contributed by atoms with Gasteiger partial charge < -0.3 is 18.6 Å². The Morgan fingerprint density at radius 1 is 0.902 bits per heavy atom. The Morgan fingerprint density at radius 3 is 2.41 bits per heavy atom. The lowest BCUT2D eigenvalue weighted by atomic mass is 10.0. The molecule has 6 nitrogen and oxygen atoms in total. The average Bonchev–Trinajstić information content (AvgIpc) is 3.47. The van der Waals surface area contributed by atoms with Crippen LogP contribution in [0.1, 0.15) is 62.9 Å². The lowest BCUT2D eigenvalue weighted by Crippen LogP contribution is -2.09. The fourth-order valence-corrected chi connectivity index (χ4v) is 4.80. The van der Waals surface area contributed by atoms with Crippen molar-refractivity contribution in [1.82, 2.24) is 0 Å². The molecule has 0 unspecified atom stereocenters. The highest BCUT2D eigenvalue weighted by molar-refractivity contribution is 6.14. The predicted molar refractivity (Wildman–Crippen MR) is 157 cm³/mol. The maximum atomic E-state index is 13.3. The highest BCUT2D eigenvalue weighted by Crippen LogP contribution is 2.36. The number of furan rings is 1. The molecule has 6 rings (SSSR count). The summed E-state index contributed by atoms with van der Waals surface area (Å²) in [6, 6.07) is 28.0. The Balaban J connectivity index is 1.20. The third-order valence-electron chi connectivity index (χ3n) is 7.04. The number of carbonyl (C=O) groups is 2. The predicted octanol–water partition coefficient (Wildman–Crippen LogP) is 8.28. The molecular weight excluding hydrogens is 516 g/mol. The quantitative estimate of drug-likeness (QED) is 0.117. The van der Waals surface area contributed by atoms with Crippen LogP contribution in [0.5, 0.6) is 17.2 Å². The molecular formula is C35H28O6. The number of aryl methyl sites for hydroxylation is 1. The van der Waals surface area contributed by atoms with E-state index in [-0.39, 0.29) is 17.3 Å². The third-order valence-corrected chi connectivity index (χ3v) is 7.04. The molecule has 0 spiro atoms. The summed E-state index contributed by atoms with van der Waals surface area (Å²) in [7, 11) is 0. The van der Waals surface area contributed by atoms with Crippen LogP contribution < -0.4 is 14.2 Å². The molecule has 204 valence electrons. The van der Waals surface area contributed by atoms with Crippen LogP contribution in [0.25, 0.3) is 17.0 Å². The Bertz CT molecular complexity index is 1790. The van der Waals surface area contributed by atoms with Crippen molar-refractivity contribution in [3.05, 3.63) is 130 Å². The minimum absolute atomic E-state index is 0.217. The van der Waals surface area contributed by atoms with Crippen LogP contribution in [0.4, 0.5) is 0 Å². The Labute approximate surface area is 237 Å². The van der Waals surface area contributed by atoms with Gasteiger partial charge in [0, 0.05) is 11.5 Å². The normalized spacial score (nSPS) is 13.5. The van der Waals surface area contributed by atoms with Crippen molar-refractivity contribution in [3.8, 4) is 17.2 Å². The molecule has 0 bridgehead atoms. The molecule has 6 heteroatoms. The van der Waals surface area contributed by atoms with Gasteiger partial charge in [-0.3, -0.25) is 4.79 Å². The summed E-state index contributed by atoms with van der Waals surface area (Å²) in [5.41, 5.74) is 4.41. The molecule has 1 aromatic heterocycles. The maximum Gasteiger partial charge on any atom is 0.347 e. The van der Waals surface area contributed by atoms with E-state index in [0.717, 1.165) is 11.1 Å². The molecule has 1 aliphatic rings. The number of hydrogen-bond donors (Lipinski definition) is 0. The summed E-state index contributed by atoms with van der Waals surface area (Å²) in [5, 5.41) is 0.597. The summed E-state index contributed by atoms with van der Waals surface area (Å²) in [6.07, 6.45) is 1.72. The highest BCUT2D eigenvalue weighted by atomic mass is 16.5. The van der Waals surface area contributed by atoms with E-state index < -0.39 is 5.97 Å². The van der Waals surface area contributed by atoms with Crippen LogP contribution in [0.3, 0.4) is 0 Å². The summed E-state index contributed by atoms with van der Waals surface area (Å²) in [4.78, 5) is 26.2. The topological polar surface area (TPSA) is 75.0 Å². The highest BCUT2D eigenvalue weighted by Gasteiger charge is 2.29. The third kappa shape index (κ3) is 5.37. The zero-order valence-corrected chi connectivity index (χ0v) is 23.0. The smallest absolute Gasteiger partial charge is 0.347 e. The standard InChI is InChI=1S/C35H28O6/c1-21(2)25-11-9-23(10-12-25)17-32-34(36)28-15-13-27(19-31(28)41-32)40-35(37)33-22(3)39-30-16-14-26(18-29(30)33)38-20-24-7-5-4-6-8-24/h4-19,21H,20H2,1-3H3/b32-17+. The second kappa shape index (κ2) is 10.8. The molecule has 0 radical (unpaired) electrons. The fraction of sp³-hybridized carbons (Fsp3) is 0.143. The van der Waals surface area contributed by atoms with Gasteiger partial charge in [0.2, 0.25) is 5.78 Å². The number of allylic oxidation sites excluding steroid dienone is 1. The monoisotopic (exact) mass is 544 g/mol. The van der Waals surface area contributed by atoms with Crippen LogP contribution in [-0.2, 0) is 6.61 Å². The van der Waals surface area contributed by atoms with Crippen molar-refractivity contribution in [3.63, 3.8) is 0 Å². The van der Waals surface area contributed by atoms with Gasteiger partial charge in [0.25, 0.3) is 0 Å². The molecule has 4 aromatic carbocycles. The molecule has 1 aliphatic heterocycles. The molecule has 0 aliphatic carbocycles. The maximum absolute atomic E-state index is 13.3. The van der Waals surface area contributed by atoms with Crippen LogP contribution >= 0.6 is 0 Å². The number of Topliss-reactive ketones (excluding diaryl/α,β-unsaturated/α-hetero) is 1. The van der Waals surface area contributed by atoms with Crippen molar-refractivity contribution in [2.75, 3.05) is 0 Å². The molecule has 0 N–H and O–H groups in total. The Kier molecular flexibility index (Phi) is 6.89. The van der Waals surface area contributed by atoms with Gasteiger partial charge in [0.05, 0.1) is 5.56 Å². The summed E-state index contributed by atoms with van der Waals surface area (Å²) >= 11 is 0. The lowest BCUT2D eigenvalue weighted by Gasteiger charge is -2.07. The van der Waals surface area contributed by atoms with Gasteiger partial charge in [0.15, 0.2) is 5.76 Å².